The summed E-state index contributed by atoms with van der Waals surface area (Å²) < 4.78 is 15.9. The number of hydrogen-bond donors (Lipinski definition) is 1. The molecule has 1 heterocycles. The Hall–Kier alpha value is -2.73. The number of aryl methyl sites for hydroxylation is 1. The van der Waals surface area contributed by atoms with E-state index in [2.05, 4.69) is 34.5 Å². The molecule has 0 unspecified atom stereocenters. The number of hydrogen-bond acceptors (Lipinski definition) is 5. The van der Waals surface area contributed by atoms with Crippen molar-refractivity contribution in [3.8, 4) is 11.5 Å². The van der Waals surface area contributed by atoms with Gasteiger partial charge in [0.05, 0.1) is 33.1 Å². The van der Waals surface area contributed by atoms with Gasteiger partial charge in [0, 0.05) is 31.3 Å². The van der Waals surface area contributed by atoms with Gasteiger partial charge in [-0.3, -0.25) is 4.79 Å². The molecular formula is C21H26N2O4. The van der Waals surface area contributed by atoms with Crippen molar-refractivity contribution in [2.75, 3.05) is 50.7 Å². The molecule has 0 saturated carbocycles. The number of benzene rings is 2. The zero-order chi connectivity index (χ0) is 19.1. The van der Waals surface area contributed by atoms with Crippen LogP contribution in [0.3, 0.4) is 0 Å². The van der Waals surface area contributed by atoms with Gasteiger partial charge in [-0.1, -0.05) is 12.1 Å². The van der Waals surface area contributed by atoms with E-state index in [1.807, 2.05) is 0 Å². The van der Waals surface area contributed by atoms with Gasteiger partial charge >= 0.3 is 0 Å². The average molecular weight is 370 g/mol. The molecule has 2 aromatic carbocycles. The summed E-state index contributed by atoms with van der Waals surface area (Å²) >= 11 is 0. The minimum absolute atomic E-state index is 0.0567. The van der Waals surface area contributed by atoms with Crippen LogP contribution in [-0.2, 0) is 16.0 Å². The second-order valence-corrected chi connectivity index (χ2v) is 6.38. The minimum atomic E-state index is -0.0567. The van der Waals surface area contributed by atoms with Crippen molar-refractivity contribution in [1.29, 1.82) is 0 Å². The van der Waals surface area contributed by atoms with Gasteiger partial charge < -0.3 is 24.4 Å². The SMILES string of the molecule is COc1ccc(OC)c(NC(=O)CCc2ccc(N3CCOCC3)cc2)c1. The molecule has 0 spiro atoms. The highest BCUT2D eigenvalue weighted by molar-refractivity contribution is 5.92. The summed E-state index contributed by atoms with van der Waals surface area (Å²) in [7, 11) is 3.17. The zero-order valence-electron chi connectivity index (χ0n) is 15.9. The molecule has 0 radical (unpaired) electrons. The number of anilines is 2. The summed E-state index contributed by atoms with van der Waals surface area (Å²) in [6.07, 6.45) is 1.08. The molecular weight excluding hydrogens is 344 g/mol. The van der Waals surface area contributed by atoms with E-state index in [1.54, 1.807) is 32.4 Å². The molecule has 0 aliphatic carbocycles. The predicted octanol–water partition coefficient (Wildman–Crippen LogP) is 3.11. The largest absolute Gasteiger partial charge is 0.497 e. The van der Waals surface area contributed by atoms with Crippen molar-refractivity contribution in [3.05, 3.63) is 48.0 Å². The first-order valence-corrected chi connectivity index (χ1v) is 9.13. The molecule has 1 fully saturated rings. The van der Waals surface area contributed by atoms with Crippen molar-refractivity contribution < 1.29 is 19.0 Å². The Morgan fingerprint density at radius 3 is 2.48 bits per heavy atom. The van der Waals surface area contributed by atoms with Crippen molar-refractivity contribution in [2.45, 2.75) is 12.8 Å². The van der Waals surface area contributed by atoms with Gasteiger partial charge in [-0.05, 0) is 36.2 Å². The van der Waals surface area contributed by atoms with E-state index in [1.165, 1.54) is 5.69 Å². The molecule has 0 aromatic heterocycles. The number of carbonyl (C=O) groups excluding carboxylic acids is 1. The quantitative estimate of drug-likeness (QED) is 0.812. The molecule has 1 aliphatic heterocycles. The van der Waals surface area contributed by atoms with Crippen LogP contribution in [0.25, 0.3) is 0 Å². The van der Waals surface area contributed by atoms with E-state index >= 15 is 0 Å². The van der Waals surface area contributed by atoms with E-state index < -0.39 is 0 Å². The molecule has 0 atom stereocenters. The van der Waals surface area contributed by atoms with Crippen molar-refractivity contribution in [3.63, 3.8) is 0 Å². The summed E-state index contributed by atoms with van der Waals surface area (Å²) in [4.78, 5) is 14.7. The Morgan fingerprint density at radius 1 is 1.07 bits per heavy atom. The number of ether oxygens (including phenoxy) is 3. The lowest BCUT2D eigenvalue weighted by atomic mass is 10.1. The zero-order valence-corrected chi connectivity index (χ0v) is 15.9. The maximum Gasteiger partial charge on any atom is 0.224 e. The normalized spacial score (nSPS) is 13.9. The molecule has 1 aliphatic rings. The number of nitrogens with one attached hydrogen (secondary N) is 1. The van der Waals surface area contributed by atoms with Gasteiger partial charge in [-0.25, -0.2) is 0 Å². The summed E-state index contributed by atoms with van der Waals surface area (Å²) in [6, 6.07) is 13.7. The second-order valence-electron chi connectivity index (χ2n) is 6.38. The fraction of sp³-hybridized carbons (Fsp3) is 0.381. The van der Waals surface area contributed by atoms with E-state index in [4.69, 9.17) is 14.2 Å². The van der Waals surface area contributed by atoms with Gasteiger partial charge in [0.25, 0.3) is 0 Å². The molecule has 1 amide bonds. The van der Waals surface area contributed by atoms with Crippen molar-refractivity contribution in [2.24, 2.45) is 0 Å². The third-order valence-electron chi connectivity index (χ3n) is 4.63. The van der Waals surface area contributed by atoms with E-state index in [-0.39, 0.29) is 5.91 Å². The number of morpholine rings is 1. The fourth-order valence-corrected chi connectivity index (χ4v) is 3.08. The summed E-state index contributed by atoms with van der Waals surface area (Å²) in [5, 5.41) is 2.90. The topological polar surface area (TPSA) is 60.0 Å². The Balaban J connectivity index is 1.54. The molecule has 6 heteroatoms. The highest BCUT2D eigenvalue weighted by Gasteiger charge is 2.12. The highest BCUT2D eigenvalue weighted by atomic mass is 16.5. The number of nitrogens with zero attached hydrogens (tertiary/aromatic N) is 1. The first-order chi connectivity index (χ1) is 13.2. The smallest absolute Gasteiger partial charge is 0.224 e. The van der Waals surface area contributed by atoms with Crippen LogP contribution in [0.5, 0.6) is 11.5 Å². The van der Waals surface area contributed by atoms with E-state index in [9.17, 15) is 4.79 Å². The number of amides is 1. The van der Waals surface area contributed by atoms with Crippen LogP contribution < -0.4 is 19.7 Å². The van der Waals surface area contributed by atoms with Crippen LogP contribution in [0, 0.1) is 0 Å². The molecule has 1 N–H and O–H groups in total. The number of methoxy groups -OCH3 is 2. The van der Waals surface area contributed by atoms with Crippen LogP contribution in [0.4, 0.5) is 11.4 Å². The Bertz CT molecular complexity index is 755. The summed E-state index contributed by atoms with van der Waals surface area (Å²) in [6.45, 7) is 3.39. The van der Waals surface area contributed by atoms with E-state index in [0.29, 0.717) is 30.0 Å². The fourth-order valence-electron chi connectivity index (χ4n) is 3.08. The lowest BCUT2D eigenvalue weighted by Gasteiger charge is -2.28. The minimum Gasteiger partial charge on any atom is -0.497 e. The lowest BCUT2D eigenvalue weighted by molar-refractivity contribution is -0.116. The maximum atomic E-state index is 12.3. The highest BCUT2D eigenvalue weighted by Crippen LogP contribution is 2.29. The molecule has 144 valence electrons. The third-order valence-corrected chi connectivity index (χ3v) is 4.63. The first kappa shape index (κ1) is 19.0. The molecule has 6 nitrogen and oxygen atoms in total. The molecule has 3 rings (SSSR count). The molecule has 2 aromatic rings. The average Bonchev–Trinajstić information content (AvgIpc) is 2.73. The molecule has 27 heavy (non-hydrogen) atoms. The van der Waals surface area contributed by atoms with Gasteiger partial charge in [-0.2, -0.15) is 0 Å². The number of carbonyl (C=O) groups is 1. The lowest BCUT2D eigenvalue weighted by Crippen LogP contribution is -2.36. The Morgan fingerprint density at radius 2 is 1.81 bits per heavy atom. The van der Waals surface area contributed by atoms with Gasteiger partial charge in [0.15, 0.2) is 0 Å². The molecule has 0 bridgehead atoms. The standard InChI is InChI=1S/C21H26N2O4/c1-25-18-8-9-20(26-2)19(15-18)22-21(24)10-5-16-3-6-17(7-4-16)23-11-13-27-14-12-23/h3-4,6-9,15H,5,10-14H2,1-2H3,(H,22,24). The first-order valence-electron chi connectivity index (χ1n) is 9.13. The van der Waals surface area contributed by atoms with Gasteiger partial charge in [0.1, 0.15) is 11.5 Å². The van der Waals surface area contributed by atoms with Crippen LogP contribution in [0.2, 0.25) is 0 Å². The number of rotatable bonds is 7. The van der Waals surface area contributed by atoms with Crippen LogP contribution >= 0.6 is 0 Å². The van der Waals surface area contributed by atoms with Crippen molar-refractivity contribution >= 4 is 17.3 Å². The predicted molar refractivity (Wildman–Crippen MR) is 106 cm³/mol. The van der Waals surface area contributed by atoms with Gasteiger partial charge in [0.2, 0.25) is 5.91 Å². The van der Waals surface area contributed by atoms with Crippen LogP contribution in [-0.4, -0.2) is 46.4 Å². The second kappa shape index (κ2) is 9.28. The maximum absolute atomic E-state index is 12.3. The van der Waals surface area contributed by atoms with Crippen molar-refractivity contribution in [1.82, 2.24) is 0 Å². The monoisotopic (exact) mass is 370 g/mol. The summed E-state index contributed by atoms with van der Waals surface area (Å²) in [5.74, 6) is 1.22. The molecule has 1 saturated heterocycles. The van der Waals surface area contributed by atoms with Crippen LogP contribution in [0.15, 0.2) is 42.5 Å². The Kier molecular flexibility index (Phi) is 6.54. The van der Waals surface area contributed by atoms with E-state index in [0.717, 1.165) is 31.9 Å². The summed E-state index contributed by atoms with van der Waals surface area (Å²) in [5.41, 5.74) is 2.96. The van der Waals surface area contributed by atoms with Crippen LogP contribution in [0.1, 0.15) is 12.0 Å². The Labute approximate surface area is 160 Å². The van der Waals surface area contributed by atoms with Gasteiger partial charge in [-0.15, -0.1) is 0 Å². The third kappa shape index (κ3) is 5.14.